The standard InChI is InChI=1S/C15H22N2O/c1-17-8-4-6-13(11-17)16-10-14-9-12-5-2-3-7-15(12)18-14/h2-3,5,7,13-14,16H,4,6,8-11H2,1H3. The summed E-state index contributed by atoms with van der Waals surface area (Å²) in [5, 5.41) is 3.66. The van der Waals surface area contributed by atoms with Gasteiger partial charge in [0, 0.05) is 25.6 Å². The lowest BCUT2D eigenvalue weighted by atomic mass is 10.1. The lowest BCUT2D eigenvalue weighted by Crippen LogP contribution is -2.46. The molecule has 0 radical (unpaired) electrons. The minimum Gasteiger partial charge on any atom is -0.488 e. The normalized spacial score (nSPS) is 27.8. The molecule has 0 aliphatic carbocycles. The van der Waals surface area contributed by atoms with E-state index in [2.05, 4.69) is 35.5 Å². The Labute approximate surface area is 109 Å². The van der Waals surface area contributed by atoms with E-state index in [9.17, 15) is 0 Å². The van der Waals surface area contributed by atoms with Crippen molar-refractivity contribution in [1.29, 1.82) is 0 Å². The van der Waals surface area contributed by atoms with E-state index in [4.69, 9.17) is 4.74 Å². The molecular weight excluding hydrogens is 224 g/mol. The summed E-state index contributed by atoms with van der Waals surface area (Å²) in [6.45, 7) is 3.37. The van der Waals surface area contributed by atoms with Crippen molar-refractivity contribution in [3.63, 3.8) is 0 Å². The van der Waals surface area contributed by atoms with Crippen LogP contribution in [-0.4, -0.2) is 43.7 Å². The molecule has 2 aliphatic rings. The number of para-hydroxylation sites is 1. The fourth-order valence-electron chi connectivity index (χ4n) is 3.00. The summed E-state index contributed by atoms with van der Waals surface area (Å²) in [7, 11) is 2.20. The Morgan fingerprint density at radius 2 is 2.28 bits per heavy atom. The maximum atomic E-state index is 5.95. The van der Waals surface area contributed by atoms with E-state index in [-0.39, 0.29) is 0 Å². The highest BCUT2D eigenvalue weighted by Crippen LogP contribution is 2.27. The molecule has 18 heavy (non-hydrogen) atoms. The van der Waals surface area contributed by atoms with Gasteiger partial charge >= 0.3 is 0 Å². The molecule has 0 amide bonds. The van der Waals surface area contributed by atoms with E-state index in [0.717, 1.165) is 18.7 Å². The van der Waals surface area contributed by atoms with Gasteiger partial charge in [-0.05, 0) is 38.1 Å². The molecule has 1 aromatic carbocycles. The van der Waals surface area contributed by atoms with Crippen molar-refractivity contribution in [2.45, 2.75) is 31.4 Å². The van der Waals surface area contributed by atoms with Gasteiger partial charge in [-0.25, -0.2) is 0 Å². The maximum absolute atomic E-state index is 5.95. The topological polar surface area (TPSA) is 24.5 Å². The van der Waals surface area contributed by atoms with Gasteiger partial charge < -0.3 is 15.0 Å². The number of benzene rings is 1. The summed E-state index contributed by atoms with van der Waals surface area (Å²) < 4.78 is 5.95. The Morgan fingerprint density at radius 3 is 3.11 bits per heavy atom. The van der Waals surface area contributed by atoms with E-state index in [0.29, 0.717) is 12.1 Å². The maximum Gasteiger partial charge on any atom is 0.123 e. The number of hydrogen-bond donors (Lipinski definition) is 1. The summed E-state index contributed by atoms with van der Waals surface area (Å²) in [6, 6.07) is 9.02. The molecule has 3 heteroatoms. The van der Waals surface area contributed by atoms with Gasteiger partial charge in [0.05, 0.1) is 0 Å². The molecule has 1 saturated heterocycles. The van der Waals surface area contributed by atoms with Crippen LogP contribution in [0.25, 0.3) is 0 Å². The number of nitrogens with one attached hydrogen (secondary N) is 1. The zero-order valence-electron chi connectivity index (χ0n) is 11.1. The van der Waals surface area contributed by atoms with Crippen LogP contribution in [0.4, 0.5) is 0 Å². The van der Waals surface area contributed by atoms with E-state index in [1.807, 2.05) is 6.07 Å². The first-order valence-electron chi connectivity index (χ1n) is 6.98. The van der Waals surface area contributed by atoms with Gasteiger partial charge in [-0.2, -0.15) is 0 Å². The van der Waals surface area contributed by atoms with Crippen LogP contribution < -0.4 is 10.1 Å². The Morgan fingerprint density at radius 1 is 1.39 bits per heavy atom. The lowest BCUT2D eigenvalue weighted by molar-refractivity contribution is 0.189. The molecule has 2 heterocycles. The van der Waals surface area contributed by atoms with Crippen molar-refractivity contribution < 1.29 is 4.74 Å². The zero-order chi connectivity index (χ0) is 12.4. The van der Waals surface area contributed by atoms with Crippen LogP contribution in [0.1, 0.15) is 18.4 Å². The number of ether oxygens (including phenoxy) is 1. The molecular formula is C15H22N2O. The Kier molecular flexibility index (Phi) is 3.52. The van der Waals surface area contributed by atoms with Gasteiger partial charge in [0.2, 0.25) is 0 Å². The second kappa shape index (κ2) is 5.29. The average molecular weight is 246 g/mol. The summed E-state index contributed by atoms with van der Waals surface area (Å²) in [5.41, 5.74) is 1.35. The molecule has 1 aromatic rings. The second-order valence-corrected chi connectivity index (χ2v) is 5.56. The average Bonchev–Trinajstić information content (AvgIpc) is 2.79. The molecule has 2 aliphatic heterocycles. The monoisotopic (exact) mass is 246 g/mol. The molecule has 3 nitrogen and oxygen atoms in total. The van der Waals surface area contributed by atoms with Crippen LogP contribution in [0.15, 0.2) is 24.3 Å². The third-order valence-corrected chi connectivity index (χ3v) is 3.97. The fraction of sp³-hybridized carbons (Fsp3) is 0.600. The van der Waals surface area contributed by atoms with Crippen LogP contribution >= 0.6 is 0 Å². The van der Waals surface area contributed by atoms with Gasteiger partial charge in [-0.3, -0.25) is 0 Å². The third kappa shape index (κ3) is 2.68. The van der Waals surface area contributed by atoms with Crippen LogP contribution in [0.5, 0.6) is 5.75 Å². The SMILES string of the molecule is CN1CCCC(NCC2Cc3ccccc3O2)C1. The molecule has 0 bridgehead atoms. The van der Waals surface area contributed by atoms with Gasteiger partial charge in [0.1, 0.15) is 11.9 Å². The number of likely N-dealkylation sites (N-methyl/N-ethyl adjacent to an activating group) is 1. The predicted molar refractivity (Wildman–Crippen MR) is 73.1 cm³/mol. The first-order valence-corrected chi connectivity index (χ1v) is 6.98. The molecule has 2 unspecified atom stereocenters. The first kappa shape index (κ1) is 12.0. The number of piperidine rings is 1. The van der Waals surface area contributed by atoms with Crippen LogP contribution in [0, 0.1) is 0 Å². The molecule has 98 valence electrons. The van der Waals surface area contributed by atoms with E-state index < -0.39 is 0 Å². The quantitative estimate of drug-likeness (QED) is 0.878. The van der Waals surface area contributed by atoms with E-state index >= 15 is 0 Å². The predicted octanol–water partition coefficient (Wildman–Crippen LogP) is 1.67. The highest BCUT2D eigenvalue weighted by atomic mass is 16.5. The number of rotatable bonds is 3. The molecule has 1 fully saturated rings. The largest absolute Gasteiger partial charge is 0.488 e. The lowest BCUT2D eigenvalue weighted by Gasteiger charge is -2.31. The van der Waals surface area contributed by atoms with Crippen molar-refractivity contribution in [3.8, 4) is 5.75 Å². The van der Waals surface area contributed by atoms with Gasteiger partial charge in [-0.1, -0.05) is 18.2 Å². The fourth-order valence-corrected chi connectivity index (χ4v) is 3.00. The third-order valence-electron chi connectivity index (χ3n) is 3.97. The van der Waals surface area contributed by atoms with Crippen molar-refractivity contribution in [2.24, 2.45) is 0 Å². The van der Waals surface area contributed by atoms with Crippen molar-refractivity contribution >= 4 is 0 Å². The number of likely N-dealkylation sites (tertiary alicyclic amines) is 1. The Balaban J connectivity index is 1.48. The van der Waals surface area contributed by atoms with Gasteiger partial charge in [0.15, 0.2) is 0 Å². The summed E-state index contributed by atoms with van der Waals surface area (Å²) >= 11 is 0. The van der Waals surface area contributed by atoms with Crippen molar-refractivity contribution in [3.05, 3.63) is 29.8 Å². The minimum absolute atomic E-state index is 0.314. The van der Waals surface area contributed by atoms with Crippen molar-refractivity contribution in [2.75, 3.05) is 26.7 Å². The second-order valence-electron chi connectivity index (χ2n) is 5.56. The van der Waals surface area contributed by atoms with Gasteiger partial charge in [-0.15, -0.1) is 0 Å². The van der Waals surface area contributed by atoms with Crippen LogP contribution in [-0.2, 0) is 6.42 Å². The molecule has 3 rings (SSSR count). The molecule has 2 atom stereocenters. The highest BCUT2D eigenvalue weighted by molar-refractivity contribution is 5.37. The highest BCUT2D eigenvalue weighted by Gasteiger charge is 2.24. The number of hydrogen-bond acceptors (Lipinski definition) is 3. The molecule has 0 aromatic heterocycles. The summed E-state index contributed by atoms with van der Waals surface area (Å²) in [4.78, 5) is 2.41. The zero-order valence-corrected chi connectivity index (χ0v) is 11.1. The van der Waals surface area contributed by atoms with Gasteiger partial charge in [0.25, 0.3) is 0 Å². The summed E-state index contributed by atoms with van der Waals surface area (Å²) in [6.07, 6.45) is 3.96. The van der Waals surface area contributed by atoms with Crippen molar-refractivity contribution in [1.82, 2.24) is 10.2 Å². The van der Waals surface area contributed by atoms with Crippen LogP contribution in [0.3, 0.4) is 0 Å². The minimum atomic E-state index is 0.314. The number of fused-ring (bicyclic) bond motifs is 1. The first-order chi connectivity index (χ1) is 8.81. The van der Waals surface area contributed by atoms with E-state index in [1.165, 1.54) is 31.5 Å². The van der Waals surface area contributed by atoms with Crippen LogP contribution in [0.2, 0.25) is 0 Å². The van der Waals surface area contributed by atoms with E-state index in [1.54, 1.807) is 0 Å². The molecule has 1 N–H and O–H groups in total. The summed E-state index contributed by atoms with van der Waals surface area (Å²) in [5.74, 6) is 1.07. The number of nitrogens with zero attached hydrogens (tertiary/aromatic N) is 1. The Bertz CT molecular complexity index is 382. The molecule has 0 saturated carbocycles. The Hall–Kier alpha value is -1.06. The molecule has 0 spiro atoms. The smallest absolute Gasteiger partial charge is 0.123 e.